The number of aryl methyl sites for hydroxylation is 1. The Hall–Kier alpha value is -2.97. The van der Waals surface area contributed by atoms with Crippen LogP contribution in [0.3, 0.4) is 0 Å². The molecule has 0 unspecified atom stereocenters. The van der Waals surface area contributed by atoms with Gasteiger partial charge >= 0.3 is 0 Å². The average molecular weight is 396 g/mol. The Morgan fingerprint density at radius 2 is 1.89 bits per heavy atom. The summed E-state index contributed by atoms with van der Waals surface area (Å²) in [6, 6.07) is 15.6. The number of nitrogens with zero attached hydrogens (tertiary/aromatic N) is 2. The summed E-state index contributed by atoms with van der Waals surface area (Å²) < 4.78 is 27.7. The number of aromatic nitrogens is 2. The fourth-order valence-electron chi connectivity index (χ4n) is 3.29. The van der Waals surface area contributed by atoms with E-state index < -0.39 is 15.9 Å². The van der Waals surface area contributed by atoms with E-state index in [-0.39, 0.29) is 10.5 Å². The number of amides is 1. The number of hydrogen-bond acceptors (Lipinski definition) is 4. The van der Waals surface area contributed by atoms with Crippen molar-refractivity contribution in [3.05, 3.63) is 77.0 Å². The fraction of sp³-hybridized carbons (Fsp3) is 0.200. The highest BCUT2D eigenvalue weighted by Crippen LogP contribution is 2.25. The number of rotatable bonds is 4. The van der Waals surface area contributed by atoms with Gasteiger partial charge in [-0.3, -0.25) is 9.89 Å². The maximum Gasteiger partial charge on any atom is 0.256 e. The summed E-state index contributed by atoms with van der Waals surface area (Å²) in [4.78, 5) is 12.6. The second kappa shape index (κ2) is 7.21. The van der Waals surface area contributed by atoms with Crippen molar-refractivity contribution in [3.8, 4) is 0 Å². The van der Waals surface area contributed by atoms with Gasteiger partial charge in [0.05, 0.1) is 4.90 Å². The Kier molecular flexibility index (Phi) is 4.74. The molecule has 3 aromatic rings. The van der Waals surface area contributed by atoms with Crippen LogP contribution >= 0.6 is 0 Å². The lowest BCUT2D eigenvalue weighted by atomic mass is 10.0. The van der Waals surface area contributed by atoms with Crippen molar-refractivity contribution in [2.75, 3.05) is 11.9 Å². The molecule has 1 aliphatic heterocycles. The van der Waals surface area contributed by atoms with Crippen LogP contribution in [-0.2, 0) is 23.0 Å². The zero-order valence-electron chi connectivity index (χ0n) is 15.3. The first-order valence-corrected chi connectivity index (χ1v) is 10.4. The highest BCUT2D eigenvalue weighted by Gasteiger charge is 2.28. The monoisotopic (exact) mass is 396 g/mol. The molecule has 2 N–H and O–H groups in total. The number of benzene rings is 2. The Morgan fingerprint density at radius 1 is 1.11 bits per heavy atom. The van der Waals surface area contributed by atoms with E-state index in [0.717, 1.165) is 11.3 Å². The Balaban J connectivity index is 1.57. The van der Waals surface area contributed by atoms with Gasteiger partial charge in [-0.2, -0.15) is 9.40 Å². The number of fused-ring (bicyclic) bond motifs is 1. The molecule has 0 atom stereocenters. The molecule has 2 heterocycles. The number of sulfonamides is 1. The van der Waals surface area contributed by atoms with Crippen LogP contribution in [0.2, 0.25) is 0 Å². The van der Waals surface area contributed by atoms with Gasteiger partial charge in [0.15, 0.2) is 5.82 Å². The minimum absolute atomic E-state index is 0.109. The summed E-state index contributed by atoms with van der Waals surface area (Å²) in [5, 5.41) is 9.37. The van der Waals surface area contributed by atoms with Crippen molar-refractivity contribution in [2.45, 2.75) is 24.8 Å². The summed E-state index contributed by atoms with van der Waals surface area (Å²) in [7, 11) is -3.70. The summed E-state index contributed by atoms with van der Waals surface area (Å²) in [5.41, 5.74) is 3.27. The van der Waals surface area contributed by atoms with Crippen molar-refractivity contribution in [1.82, 2.24) is 14.5 Å². The van der Waals surface area contributed by atoms with E-state index in [1.54, 1.807) is 18.2 Å². The fourth-order valence-corrected chi connectivity index (χ4v) is 4.76. The number of carbonyl (C=O) groups is 1. The van der Waals surface area contributed by atoms with E-state index in [4.69, 9.17) is 0 Å². The highest BCUT2D eigenvalue weighted by atomic mass is 32.2. The molecule has 0 spiro atoms. The molecule has 1 amide bonds. The van der Waals surface area contributed by atoms with E-state index in [1.807, 2.05) is 31.2 Å². The second-order valence-corrected chi connectivity index (χ2v) is 8.71. The molecule has 1 aromatic heterocycles. The lowest BCUT2D eigenvalue weighted by molar-refractivity contribution is 0.102. The van der Waals surface area contributed by atoms with Gasteiger partial charge in [0.2, 0.25) is 10.0 Å². The van der Waals surface area contributed by atoms with Crippen LogP contribution in [0.15, 0.2) is 59.5 Å². The summed E-state index contributed by atoms with van der Waals surface area (Å²) in [6.07, 6.45) is 0.675. The Bertz CT molecular complexity index is 1140. The molecular formula is C20H20N4O3S. The maximum atomic E-state index is 13.1. The van der Waals surface area contributed by atoms with Crippen LogP contribution < -0.4 is 5.32 Å². The van der Waals surface area contributed by atoms with Crippen molar-refractivity contribution in [3.63, 3.8) is 0 Å². The van der Waals surface area contributed by atoms with Gasteiger partial charge in [-0.15, -0.1) is 0 Å². The topological polar surface area (TPSA) is 95.2 Å². The molecular weight excluding hydrogens is 376 g/mol. The predicted molar refractivity (Wildman–Crippen MR) is 105 cm³/mol. The number of hydrogen-bond donors (Lipinski definition) is 2. The quantitative estimate of drug-likeness (QED) is 0.709. The third-order valence-corrected chi connectivity index (χ3v) is 6.62. The van der Waals surface area contributed by atoms with Crippen molar-refractivity contribution >= 4 is 21.7 Å². The van der Waals surface area contributed by atoms with Gasteiger partial charge in [-0.05, 0) is 42.7 Å². The SMILES string of the molecule is Cc1cc(NC(=O)c2cccc(S(=O)(=O)N3CCc4ccccc4C3)c2)n[nH]1. The first-order chi connectivity index (χ1) is 13.4. The first kappa shape index (κ1) is 18.4. The molecule has 0 saturated carbocycles. The van der Waals surface area contributed by atoms with E-state index in [9.17, 15) is 13.2 Å². The van der Waals surface area contributed by atoms with Crippen molar-refractivity contribution < 1.29 is 13.2 Å². The lowest BCUT2D eigenvalue weighted by Gasteiger charge is -2.28. The second-order valence-electron chi connectivity index (χ2n) is 6.78. The van der Waals surface area contributed by atoms with Crippen LogP contribution in [-0.4, -0.2) is 35.4 Å². The molecule has 0 bridgehead atoms. The van der Waals surface area contributed by atoms with Gasteiger partial charge in [0, 0.05) is 30.4 Å². The van der Waals surface area contributed by atoms with E-state index >= 15 is 0 Å². The van der Waals surface area contributed by atoms with Crippen LogP contribution in [0.1, 0.15) is 27.2 Å². The summed E-state index contributed by atoms with van der Waals surface area (Å²) >= 11 is 0. The predicted octanol–water partition coefficient (Wildman–Crippen LogP) is 2.72. The molecule has 1 aliphatic rings. The standard InChI is InChI=1S/C20H20N4O3S/c1-14-11-19(23-22-14)21-20(25)16-7-4-8-18(12-16)28(26,27)24-10-9-15-5-2-3-6-17(15)13-24/h2-8,11-12H,9-10,13H2,1H3,(H2,21,22,23,25). The third kappa shape index (κ3) is 3.56. The van der Waals surface area contributed by atoms with Crippen LogP contribution in [0.25, 0.3) is 0 Å². The van der Waals surface area contributed by atoms with Gasteiger partial charge in [0.1, 0.15) is 0 Å². The highest BCUT2D eigenvalue weighted by molar-refractivity contribution is 7.89. The molecule has 144 valence electrons. The average Bonchev–Trinajstić information content (AvgIpc) is 3.12. The molecule has 2 aromatic carbocycles. The molecule has 8 heteroatoms. The molecule has 0 saturated heterocycles. The van der Waals surface area contributed by atoms with Crippen molar-refractivity contribution in [1.29, 1.82) is 0 Å². The molecule has 0 aliphatic carbocycles. The number of H-pyrrole nitrogens is 1. The molecule has 7 nitrogen and oxygen atoms in total. The Labute approximate surface area is 163 Å². The van der Waals surface area contributed by atoms with E-state index in [0.29, 0.717) is 25.3 Å². The first-order valence-electron chi connectivity index (χ1n) is 8.94. The molecule has 0 fully saturated rings. The van der Waals surface area contributed by atoms with E-state index in [1.165, 1.54) is 22.0 Å². The van der Waals surface area contributed by atoms with Crippen molar-refractivity contribution in [2.24, 2.45) is 0 Å². The lowest BCUT2D eigenvalue weighted by Crippen LogP contribution is -2.36. The van der Waals surface area contributed by atoms with Gasteiger partial charge in [0.25, 0.3) is 5.91 Å². The number of aromatic amines is 1. The minimum atomic E-state index is -3.70. The third-order valence-electron chi connectivity index (χ3n) is 4.78. The van der Waals surface area contributed by atoms with Gasteiger partial charge in [-0.25, -0.2) is 8.42 Å². The zero-order valence-corrected chi connectivity index (χ0v) is 16.2. The zero-order chi connectivity index (χ0) is 19.7. The smallest absolute Gasteiger partial charge is 0.256 e. The van der Waals surface area contributed by atoms with Gasteiger partial charge in [-0.1, -0.05) is 30.3 Å². The van der Waals surface area contributed by atoms with Gasteiger partial charge < -0.3 is 5.32 Å². The molecule has 0 radical (unpaired) electrons. The number of nitrogens with one attached hydrogen (secondary N) is 2. The minimum Gasteiger partial charge on any atom is -0.305 e. The van der Waals surface area contributed by atoms with Crippen LogP contribution in [0.4, 0.5) is 5.82 Å². The molecule has 28 heavy (non-hydrogen) atoms. The summed E-state index contributed by atoms with van der Waals surface area (Å²) in [6.45, 7) is 2.58. The van der Waals surface area contributed by atoms with Crippen LogP contribution in [0, 0.1) is 6.92 Å². The largest absolute Gasteiger partial charge is 0.305 e. The molecule has 4 rings (SSSR count). The Morgan fingerprint density at radius 3 is 2.64 bits per heavy atom. The van der Waals surface area contributed by atoms with Crippen LogP contribution in [0.5, 0.6) is 0 Å². The summed E-state index contributed by atoms with van der Waals surface area (Å²) in [5.74, 6) is -0.0177. The number of carbonyl (C=O) groups excluding carboxylic acids is 1. The number of anilines is 1. The maximum absolute atomic E-state index is 13.1. The van der Waals surface area contributed by atoms with E-state index in [2.05, 4.69) is 15.5 Å². The normalized spacial score (nSPS) is 14.5.